The largest absolute Gasteiger partial charge is 0.379 e. The number of morpholine rings is 1. The number of terminal acetylenes is 1. The molecule has 21 heavy (non-hydrogen) atoms. The molecule has 0 amide bonds. The molecule has 0 aromatic carbocycles. The lowest BCUT2D eigenvalue weighted by atomic mass is 10.2. The highest BCUT2D eigenvalue weighted by molar-refractivity contribution is 5.66. The van der Waals surface area contributed by atoms with Gasteiger partial charge in [0.15, 0.2) is 11.3 Å². The summed E-state index contributed by atoms with van der Waals surface area (Å²) in [5.41, 5.74) is 1.96. The van der Waals surface area contributed by atoms with Crippen LogP contribution < -0.4 is 0 Å². The Morgan fingerprint density at radius 1 is 1.38 bits per heavy atom. The quantitative estimate of drug-likeness (QED) is 0.787. The number of imidazole rings is 1. The van der Waals surface area contributed by atoms with Gasteiger partial charge in [-0.05, 0) is 12.3 Å². The fourth-order valence-electron chi connectivity index (χ4n) is 2.64. The van der Waals surface area contributed by atoms with Crippen LogP contribution in [-0.4, -0.2) is 57.3 Å². The first-order chi connectivity index (χ1) is 10.3. The summed E-state index contributed by atoms with van der Waals surface area (Å²) in [6.45, 7) is 6.71. The zero-order valence-corrected chi connectivity index (χ0v) is 12.2. The van der Waals surface area contributed by atoms with Crippen LogP contribution in [0.2, 0.25) is 0 Å². The molecule has 1 aliphatic heterocycles. The maximum absolute atomic E-state index is 5.41. The fourth-order valence-corrected chi connectivity index (χ4v) is 2.64. The van der Waals surface area contributed by atoms with E-state index in [2.05, 4.69) is 37.3 Å². The van der Waals surface area contributed by atoms with Crippen molar-refractivity contribution in [2.24, 2.45) is 0 Å². The van der Waals surface area contributed by atoms with Gasteiger partial charge < -0.3 is 9.30 Å². The number of aromatic nitrogens is 4. The minimum Gasteiger partial charge on any atom is -0.379 e. The second-order valence-corrected chi connectivity index (χ2v) is 5.17. The van der Waals surface area contributed by atoms with Gasteiger partial charge in [-0.3, -0.25) is 4.90 Å². The van der Waals surface area contributed by atoms with Crippen LogP contribution in [0.1, 0.15) is 25.1 Å². The first kappa shape index (κ1) is 14.0. The third-order valence-corrected chi connectivity index (χ3v) is 3.87. The summed E-state index contributed by atoms with van der Waals surface area (Å²) >= 11 is 0. The third-order valence-electron chi connectivity index (χ3n) is 3.87. The van der Waals surface area contributed by atoms with Crippen LogP contribution in [0.5, 0.6) is 0 Å². The Morgan fingerprint density at radius 3 is 2.90 bits per heavy atom. The molecular formula is C15H19N5O. The van der Waals surface area contributed by atoms with E-state index in [1.807, 2.05) is 6.33 Å². The number of hydrogen-bond acceptors (Lipinski definition) is 5. The molecule has 1 fully saturated rings. The number of fused-ring (bicyclic) bond motifs is 1. The molecule has 1 saturated heterocycles. The van der Waals surface area contributed by atoms with Crippen LogP contribution in [0.25, 0.3) is 11.3 Å². The van der Waals surface area contributed by atoms with E-state index in [0.29, 0.717) is 17.4 Å². The second-order valence-electron chi connectivity index (χ2n) is 5.17. The number of rotatable bonds is 4. The van der Waals surface area contributed by atoms with Crippen molar-refractivity contribution < 1.29 is 4.74 Å². The molecule has 0 spiro atoms. The fraction of sp³-hybridized carbons (Fsp3) is 0.533. The predicted molar refractivity (Wildman–Crippen MR) is 79.8 cm³/mol. The molecule has 2 aromatic rings. The van der Waals surface area contributed by atoms with Crippen molar-refractivity contribution in [3.63, 3.8) is 0 Å². The van der Waals surface area contributed by atoms with Crippen molar-refractivity contribution in [1.29, 1.82) is 0 Å². The van der Waals surface area contributed by atoms with Crippen molar-refractivity contribution in [3.8, 4) is 12.3 Å². The Balaban J connectivity index is 1.87. The standard InChI is InChI=1S/C15H19N5O/c1-3-12-9-16-14-15(18-12)20(11-17-14)13(4-2)10-19-5-7-21-8-6-19/h1,9,11,13H,4-8,10H2,2H3/t13-/m1/s1. The van der Waals surface area contributed by atoms with Crippen molar-refractivity contribution in [2.75, 3.05) is 32.8 Å². The Labute approximate surface area is 124 Å². The summed E-state index contributed by atoms with van der Waals surface area (Å²) in [7, 11) is 0. The molecule has 0 aliphatic carbocycles. The van der Waals surface area contributed by atoms with Crippen LogP contribution in [0.4, 0.5) is 0 Å². The van der Waals surface area contributed by atoms with Crippen LogP contribution in [0.15, 0.2) is 12.5 Å². The van der Waals surface area contributed by atoms with Gasteiger partial charge in [0.25, 0.3) is 0 Å². The summed E-state index contributed by atoms with van der Waals surface area (Å²) in [5.74, 6) is 2.53. The van der Waals surface area contributed by atoms with Crippen molar-refractivity contribution in [1.82, 2.24) is 24.4 Å². The topological polar surface area (TPSA) is 56.1 Å². The highest BCUT2D eigenvalue weighted by Gasteiger charge is 2.19. The Bertz CT molecular complexity index is 654. The molecular weight excluding hydrogens is 266 g/mol. The lowest BCUT2D eigenvalue weighted by Crippen LogP contribution is -2.39. The highest BCUT2D eigenvalue weighted by atomic mass is 16.5. The van der Waals surface area contributed by atoms with Crippen LogP contribution in [0.3, 0.4) is 0 Å². The van der Waals surface area contributed by atoms with Gasteiger partial charge >= 0.3 is 0 Å². The number of nitrogens with zero attached hydrogens (tertiary/aromatic N) is 5. The average molecular weight is 285 g/mol. The number of hydrogen-bond donors (Lipinski definition) is 0. The molecule has 1 atom stereocenters. The molecule has 110 valence electrons. The SMILES string of the molecule is C#Cc1cnc2ncn([C@H](CC)CN3CCOCC3)c2n1. The first-order valence-electron chi connectivity index (χ1n) is 7.28. The van der Waals surface area contributed by atoms with Crippen molar-refractivity contribution in [3.05, 3.63) is 18.2 Å². The van der Waals surface area contributed by atoms with Crippen molar-refractivity contribution in [2.45, 2.75) is 19.4 Å². The molecule has 1 aliphatic rings. The summed E-state index contributed by atoms with van der Waals surface area (Å²) in [6, 6.07) is 0.315. The normalized spacial score (nSPS) is 17.7. The minimum atomic E-state index is 0.315. The molecule has 3 heterocycles. The Morgan fingerprint density at radius 2 is 2.19 bits per heavy atom. The monoisotopic (exact) mass is 285 g/mol. The number of ether oxygens (including phenoxy) is 1. The van der Waals surface area contributed by atoms with Gasteiger partial charge in [0.05, 0.1) is 25.7 Å². The van der Waals surface area contributed by atoms with E-state index in [1.165, 1.54) is 0 Å². The van der Waals surface area contributed by atoms with E-state index >= 15 is 0 Å². The third kappa shape index (κ3) is 2.89. The van der Waals surface area contributed by atoms with E-state index < -0.39 is 0 Å². The van der Waals surface area contributed by atoms with Gasteiger partial charge in [-0.1, -0.05) is 6.92 Å². The Hall–Kier alpha value is -1.97. The van der Waals surface area contributed by atoms with Gasteiger partial charge in [-0.15, -0.1) is 6.42 Å². The molecule has 0 saturated carbocycles. The van der Waals surface area contributed by atoms with Crippen LogP contribution in [0, 0.1) is 12.3 Å². The maximum atomic E-state index is 5.41. The molecule has 6 nitrogen and oxygen atoms in total. The molecule has 6 heteroatoms. The lowest BCUT2D eigenvalue weighted by Gasteiger charge is -2.30. The zero-order valence-electron chi connectivity index (χ0n) is 12.2. The average Bonchev–Trinajstić information content (AvgIpc) is 2.96. The maximum Gasteiger partial charge on any atom is 0.197 e. The lowest BCUT2D eigenvalue weighted by molar-refractivity contribution is 0.0314. The zero-order chi connectivity index (χ0) is 14.7. The first-order valence-corrected chi connectivity index (χ1v) is 7.28. The summed E-state index contributed by atoms with van der Waals surface area (Å²) in [5, 5.41) is 0. The van der Waals surface area contributed by atoms with E-state index in [1.54, 1.807) is 6.20 Å². The van der Waals surface area contributed by atoms with Crippen LogP contribution in [-0.2, 0) is 4.74 Å². The molecule has 0 unspecified atom stereocenters. The van der Waals surface area contributed by atoms with Gasteiger partial charge in [0.1, 0.15) is 5.69 Å². The minimum absolute atomic E-state index is 0.315. The predicted octanol–water partition coefficient (Wildman–Crippen LogP) is 1.09. The summed E-state index contributed by atoms with van der Waals surface area (Å²) in [4.78, 5) is 15.5. The van der Waals surface area contributed by atoms with Crippen molar-refractivity contribution >= 4 is 11.3 Å². The second kappa shape index (κ2) is 6.20. The smallest absolute Gasteiger partial charge is 0.197 e. The molecule has 3 rings (SSSR count). The summed E-state index contributed by atoms with van der Waals surface area (Å²) < 4.78 is 7.50. The van der Waals surface area contributed by atoms with E-state index in [4.69, 9.17) is 11.2 Å². The Kier molecular flexibility index (Phi) is 4.13. The highest BCUT2D eigenvalue weighted by Crippen LogP contribution is 2.19. The van der Waals surface area contributed by atoms with Gasteiger partial charge in [0, 0.05) is 25.7 Å². The van der Waals surface area contributed by atoms with E-state index in [9.17, 15) is 0 Å². The molecule has 2 aromatic heterocycles. The molecule has 0 bridgehead atoms. The van der Waals surface area contributed by atoms with E-state index in [-0.39, 0.29) is 0 Å². The van der Waals surface area contributed by atoms with Gasteiger partial charge in [-0.2, -0.15) is 0 Å². The molecule has 0 N–H and O–H groups in total. The van der Waals surface area contributed by atoms with E-state index in [0.717, 1.165) is 44.9 Å². The van der Waals surface area contributed by atoms with Gasteiger partial charge in [0.2, 0.25) is 0 Å². The van der Waals surface area contributed by atoms with Gasteiger partial charge in [-0.25, -0.2) is 15.0 Å². The van der Waals surface area contributed by atoms with Crippen LogP contribution >= 0.6 is 0 Å². The summed E-state index contributed by atoms with van der Waals surface area (Å²) in [6.07, 6.45) is 9.82. The molecule has 0 radical (unpaired) electrons.